The molecule has 0 unspecified atom stereocenters. The molecule has 1 amide bonds. The maximum absolute atomic E-state index is 12.7. The van der Waals surface area contributed by atoms with Crippen molar-refractivity contribution < 1.29 is 23.5 Å². The molecule has 0 aromatic heterocycles. The van der Waals surface area contributed by atoms with Crippen LogP contribution in [0, 0.1) is 5.82 Å². The Labute approximate surface area is 117 Å². The van der Waals surface area contributed by atoms with Gasteiger partial charge in [0.15, 0.2) is 12.2 Å². The van der Waals surface area contributed by atoms with Crippen molar-refractivity contribution in [3.05, 3.63) is 30.1 Å². The number of benzene rings is 1. The average Bonchev–Trinajstić information content (AvgIpc) is 2.41. The number of nitrogens with one attached hydrogen (secondary N) is 1. The number of carbonyl (C=O) groups is 2. The first-order valence-corrected chi connectivity index (χ1v) is 6.34. The molecule has 110 valence electrons. The maximum Gasteiger partial charge on any atom is 0.347 e. The second kappa shape index (κ2) is 7.47. The van der Waals surface area contributed by atoms with E-state index >= 15 is 0 Å². The molecule has 0 aliphatic heterocycles. The molecule has 0 saturated heterocycles. The van der Waals surface area contributed by atoms with E-state index in [0.717, 1.165) is 0 Å². The number of halogens is 1. The Kier molecular flexibility index (Phi) is 5.96. The summed E-state index contributed by atoms with van der Waals surface area (Å²) >= 11 is 0. The van der Waals surface area contributed by atoms with E-state index < -0.39 is 24.0 Å². The Bertz CT molecular complexity index is 461. The summed E-state index contributed by atoms with van der Waals surface area (Å²) in [6.45, 7) is 5.21. The summed E-state index contributed by atoms with van der Waals surface area (Å²) in [5, 5.41) is 2.55. The summed E-state index contributed by atoms with van der Waals surface area (Å²) in [5.41, 5.74) is 0. The number of esters is 1. The highest BCUT2D eigenvalue weighted by Gasteiger charge is 2.22. The van der Waals surface area contributed by atoms with E-state index in [-0.39, 0.29) is 5.91 Å². The Morgan fingerprint density at radius 3 is 2.35 bits per heavy atom. The van der Waals surface area contributed by atoms with Gasteiger partial charge in [-0.15, -0.1) is 0 Å². The molecule has 20 heavy (non-hydrogen) atoms. The van der Waals surface area contributed by atoms with Gasteiger partial charge in [-0.3, -0.25) is 4.79 Å². The van der Waals surface area contributed by atoms with Gasteiger partial charge in [0.25, 0.3) is 5.91 Å². The molecule has 1 rings (SSSR count). The van der Waals surface area contributed by atoms with E-state index in [4.69, 9.17) is 9.47 Å². The molecule has 5 nitrogen and oxygen atoms in total. The van der Waals surface area contributed by atoms with Crippen LogP contribution in [-0.2, 0) is 14.3 Å². The minimum atomic E-state index is -0.891. The van der Waals surface area contributed by atoms with Crippen molar-refractivity contribution in [2.75, 3.05) is 6.54 Å². The summed E-state index contributed by atoms with van der Waals surface area (Å²) in [4.78, 5) is 23.2. The first-order chi connectivity index (χ1) is 9.43. The molecule has 0 bridgehead atoms. The summed E-state index contributed by atoms with van der Waals surface area (Å²) in [6, 6.07) is 5.27. The molecule has 0 fully saturated rings. The van der Waals surface area contributed by atoms with Crippen LogP contribution in [0.4, 0.5) is 4.39 Å². The van der Waals surface area contributed by atoms with Gasteiger partial charge < -0.3 is 14.8 Å². The van der Waals surface area contributed by atoms with Crippen molar-refractivity contribution in [3.63, 3.8) is 0 Å². The van der Waals surface area contributed by atoms with Crippen LogP contribution in [0.2, 0.25) is 0 Å². The van der Waals surface area contributed by atoms with Crippen molar-refractivity contribution in [1.29, 1.82) is 0 Å². The molecule has 0 aliphatic rings. The Morgan fingerprint density at radius 2 is 1.80 bits per heavy atom. The van der Waals surface area contributed by atoms with Gasteiger partial charge in [-0.05, 0) is 45.0 Å². The van der Waals surface area contributed by atoms with Crippen LogP contribution >= 0.6 is 0 Å². The zero-order valence-electron chi connectivity index (χ0n) is 11.7. The molecule has 0 aliphatic carbocycles. The lowest BCUT2D eigenvalue weighted by Crippen LogP contribution is -2.38. The van der Waals surface area contributed by atoms with Crippen LogP contribution in [0.25, 0.3) is 0 Å². The van der Waals surface area contributed by atoms with Crippen LogP contribution in [0.5, 0.6) is 5.75 Å². The normalized spacial score (nSPS) is 13.2. The lowest BCUT2D eigenvalue weighted by Gasteiger charge is -2.17. The minimum Gasteiger partial charge on any atom is -0.479 e. The fourth-order valence-electron chi connectivity index (χ4n) is 1.41. The third kappa shape index (κ3) is 4.87. The Balaban J connectivity index is 2.50. The van der Waals surface area contributed by atoms with E-state index in [1.165, 1.54) is 38.1 Å². The third-order valence-corrected chi connectivity index (χ3v) is 2.47. The zero-order valence-corrected chi connectivity index (χ0v) is 11.7. The lowest BCUT2D eigenvalue weighted by atomic mass is 10.3. The van der Waals surface area contributed by atoms with E-state index in [1.54, 1.807) is 6.92 Å². The highest BCUT2D eigenvalue weighted by Crippen LogP contribution is 2.13. The largest absolute Gasteiger partial charge is 0.479 e. The molecule has 6 heteroatoms. The van der Waals surface area contributed by atoms with E-state index in [0.29, 0.717) is 12.3 Å². The van der Waals surface area contributed by atoms with Crippen molar-refractivity contribution in [1.82, 2.24) is 5.32 Å². The molecule has 1 N–H and O–H groups in total. The molecular weight excluding hydrogens is 265 g/mol. The predicted octanol–water partition coefficient (Wildman–Crippen LogP) is 1.66. The molecule has 1 aromatic carbocycles. The highest BCUT2D eigenvalue weighted by molar-refractivity contribution is 5.84. The van der Waals surface area contributed by atoms with Crippen LogP contribution in [-0.4, -0.2) is 30.6 Å². The number of likely N-dealkylation sites (N-methyl/N-ethyl adjacent to an activating group) is 1. The molecule has 2 atom stereocenters. The fourth-order valence-corrected chi connectivity index (χ4v) is 1.41. The first-order valence-electron chi connectivity index (χ1n) is 6.34. The van der Waals surface area contributed by atoms with Crippen LogP contribution in [0.1, 0.15) is 20.8 Å². The monoisotopic (exact) mass is 283 g/mol. The average molecular weight is 283 g/mol. The number of carbonyl (C=O) groups excluding carboxylic acids is 2. The van der Waals surface area contributed by atoms with Gasteiger partial charge in [-0.1, -0.05) is 0 Å². The van der Waals surface area contributed by atoms with Gasteiger partial charge >= 0.3 is 5.97 Å². The van der Waals surface area contributed by atoms with Crippen LogP contribution in [0.3, 0.4) is 0 Å². The third-order valence-electron chi connectivity index (χ3n) is 2.47. The standard InChI is InChI=1S/C14H18FNO4/c1-4-16-13(17)9(2)20-14(18)10(3)19-12-7-5-11(15)6-8-12/h5-10H,4H2,1-3H3,(H,16,17)/t9-,10+/m0/s1. The molecular formula is C14H18FNO4. The topological polar surface area (TPSA) is 64.6 Å². The van der Waals surface area contributed by atoms with Crippen molar-refractivity contribution in [2.45, 2.75) is 33.0 Å². The summed E-state index contributed by atoms with van der Waals surface area (Å²) in [5.74, 6) is -1.07. The summed E-state index contributed by atoms with van der Waals surface area (Å²) in [7, 11) is 0. The molecule has 1 aromatic rings. The van der Waals surface area contributed by atoms with Crippen molar-refractivity contribution in [2.24, 2.45) is 0 Å². The second-order valence-corrected chi connectivity index (χ2v) is 4.19. The predicted molar refractivity (Wildman–Crippen MR) is 70.7 cm³/mol. The number of hydrogen-bond acceptors (Lipinski definition) is 4. The number of hydrogen-bond donors (Lipinski definition) is 1. The van der Waals surface area contributed by atoms with Crippen LogP contribution < -0.4 is 10.1 Å². The Hall–Kier alpha value is -2.11. The zero-order chi connectivity index (χ0) is 15.1. The Morgan fingerprint density at radius 1 is 1.20 bits per heavy atom. The van der Waals surface area contributed by atoms with Gasteiger partial charge in [0.2, 0.25) is 0 Å². The number of amides is 1. The number of ether oxygens (including phenoxy) is 2. The minimum absolute atomic E-state index is 0.349. The molecule has 0 spiro atoms. The molecule has 0 radical (unpaired) electrons. The van der Waals surface area contributed by atoms with Gasteiger partial charge in [-0.2, -0.15) is 0 Å². The number of rotatable bonds is 6. The van der Waals surface area contributed by atoms with E-state index in [2.05, 4.69) is 5.32 Å². The van der Waals surface area contributed by atoms with E-state index in [1.807, 2.05) is 0 Å². The lowest BCUT2D eigenvalue weighted by molar-refractivity contribution is -0.160. The first kappa shape index (κ1) is 15.9. The van der Waals surface area contributed by atoms with Gasteiger partial charge in [0.05, 0.1) is 0 Å². The van der Waals surface area contributed by atoms with Crippen LogP contribution in [0.15, 0.2) is 24.3 Å². The quantitative estimate of drug-likeness (QED) is 0.806. The molecule has 0 saturated carbocycles. The maximum atomic E-state index is 12.7. The van der Waals surface area contributed by atoms with Crippen molar-refractivity contribution in [3.8, 4) is 5.75 Å². The van der Waals surface area contributed by atoms with Gasteiger partial charge in [0.1, 0.15) is 11.6 Å². The second-order valence-electron chi connectivity index (χ2n) is 4.19. The smallest absolute Gasteiger partial charge is 0.347 e. The van der Waals surface area contributed by atoms with Gasteiger partial charge in [0, 0.05) is 6.54 Å². The summed E-state index contributed by atoms with van der Waals surface area (Å²) < 4.78 is 23.0. The highest BCUT2D eigenvalue weighted by atomic mass is 19.1. The van der Waals surface area contributed by atoms with Crippen molar-refractivity contribution >= 4 is 11.9 Å². The molecule has 0 heterocycles. The van der Waals surface area contributed by atoms with E-state index in [9.17, 15) is 14.0 Å². The fraction of sp³-hybridized carbons (Fsp3) is 0.429. The SMILES string of the molecule is CCNC(=O)[C@H](C)OC(=O)[C@@H](C)Oc1ccc(F)cc1. The van der Waals surface area contributed by atoms with Gasteiger partial charge in [-0.25, -0.2) is 9.18 Å². The summed E-state index contributed by atoms with van der Waals surface area (Å²) in [6.07, 6.45) is -1.78.